The van der Waals surface area contributed by atoms with Crippen molar-refractivity contribution in [3.8, 4) is 0 Å². The molecule has 0 aromatic rings. The molecule has 0 N–H and O–H groups in total. The number of allylic oxidation sites excluding steroid dienone is 2. The van der Waals surface area contributed by atoms with Gasteiger partial charge in [-0.3, -0.25) is 0 Å². The summed E-state index contributed by atoms with van der Waals surface area (Å²) < 4.78 is 0. The van der Waals surface area contributed by atoms with E-state index >= 15 is 0 Å². The monoisotopic (exact) mass is 150 g/mol. The summed E-state index contributed by atoms with van der Waals surface area (Å²) in [6.45, 7) is 2.42. The Morgan fingerprint density at radius 3 is 2.91 bits per heavy atom. The van der Waals surface area contributed by atoms with Crippen LogP contribution < -0.4 is 0 Å². The highest BCUT2D eigenvalue weighted by molar-refractivity contribution is 5.00. The molecule has 11 heavy (non-hydrogen) atoms. The third kappa shape index (κ3) is 1.36. The summed E-state index contributed by atoms with van der Waals surface area (Å²) in [5.41, 5.74) is 0. The quantitative estimate of drug-likeness (QED) is 0.464. The van der Waals surface area contributed by atoms with E-state index in [0.717, 1.165) is 17.8 Å². The molecule has 0 aromatic carbocycles. The van der Waals surface area contributed by atoms with E-state index < -0.39 is 0 Å². The Morgan fingerprint density at radius 1 is 1.18 bits per heavy atom. The molecule has 1 saturated carbocycles. The second kappa shape index (κ2) is 3.00. The molecule has 2 aliphatic carbocycles. The molecule has 0 spiro atoms. The molecule has 0 saturated heterocycles. The molecule has 0 bridgehead atoms. The van der Waals surface area contributed by atoms with Gasteiger partial charge in [0.25, 0.3) is 0 Å². The maximum absolute atomic E-state index is 2.48. The van der Waals surface area contributed by atoms with Crippen molar-refractivity contribution in [2.45, 2.75) is 39.0 Å². The first-order valence-electron chi connectivity index (χ1n) is 5.04. The van der Waals surface area contributed by atoms with Gasteiger partial charge < -0.3 is 0 Å². The van der Waals surface area contributed by atoms with Gasteiger partial charge in [-0.15, -0.1) is 0 Å². The highest BCUT2D eigenvalue weighted by atomic mass is 14.3. The fourth-order valence-corrected chi connectivity index (χ4v) is 2.80. The van der Waals surface area contributed by atoms with E-state index in [2.05, 4.69) is 19.1 Å². The molecule has 2 aliphatic rings. The van der Waals surface area contributed by atoms with Crippen LogP contribution in [-0.4, -0.2) is 0 Å². The van der Waals surface area contributed by atoms with Gasteiger partial charge in [-0.25, -0.2) is 0 Å². The minimum Gasteiger partial charge on any atom is -0.0882 e. The lowest BCUT2D eigenvalue weighted by Gasteiger charge is -2.36. The highest BCUT2D eigenvalue weighted by Gasteiger charge is 2.29. The molecule has 2 rings (SSSR count). The number of rotatable bonds is 0. The van der Waals surface area contributed by atoms with Gasteiger partial charge in [0.15, 0.2) is 0 Å². The fourth-order valence-electron chi connectivity index (χ4n) is 2.80. The van der Waals surface area contributed by atoms with Crippen molar-refractivity contribution in [2.75, 3.05) is 0 Å². The lowest BCUT2D eigenvalue weighted by atomic mass is 9.69. The van der Waals surface area contributed by atoms with Gasteiger partial charge in [0.2, 0.25) is 0 Å². The van der Waals surface area contributed by atoms with Crippen molar-refractivity contribution in [1.82, 2.24) is 0 Å². The molecular formula is C11H18. The molecule has 62 valence electrons. The van der Waals surface area contributed by atoms with Crippen molar-refractivity contribution in [1.29, 1.82) is 0 Å². The molecule has 0 amide bonds. The lowest BCUT2D eigenvalue weighted by Crippen LogP contribution is -2.26. The Kier molecular flexibility index (Phi) is 2.02. The van der Waals surface area contributed by atoms with E-state index in [1.807, 2.05) is 0 Å². The van der Waals surface area contributed by atoms with Crippen LogP contribution in [0.4, 0.5) is 0 Å². The zero-order valence-electron chi connectivity index (χ0n) is 7.42. The van der Waals surface area contributed by atoms with E-state index in [1.165, 1.54) is 32.1 Å². The van der Waals surface area contributed by atoms with Crippen molar-refractivity contribution < 1.29 is 0 Å². The van der Waals surface area contributed by atoms with Crippen molar-refractivity contribution in [3.05, 3.63) is 12.2 Å². The van der Waals surface area contributed by atoms with Crippen LogP contribution in [0.3, 0.4) is 0 Å². The third-order valence-electron chi connectivity index (χ3n) is 3.50. The first-order valence-corrected chi connectivity index (χ1v) is 5.04. The summed E-state index contributed by atoms with van der Waals surface area (Å²) >= 11 is 0. The normalized spacial score (nSPS) is 43.5. The molecule has 0 radical (unpaired) electrons. The topological polar surface area (TPSA) is 0 Å². The molecule has 3 atom stereocenters. The maximum atomic E-state index is 2.48. The predicted octanol–water partition coefficient (Wildman–Crippen LogP) is 3.39. The molecule has 2 unspecified atom stereocenters. The van der Waals surface area contributed by atoms with Crippen molar-refractivity contribution in [2.24, 2.45) is 17.8 Å². The first-order chi connectivity index (χ1) is 5.38. The van der Waals surface area contributed by atoms with Crippen LogP contribution in [0.15, 0.2) is 12.2 Å². The van der Waals surface area contributed by atoms with Gasteiger partial charge in [-0.1, -0.05) is 31.9 Å². The van der Waals surface area contributed by atoms with E-state index in [-0.39, 0.29) is 0 Å². The molecule has 0 aliphatic heterocycles. The van der Waals surface area contributed by atoms with Gasteiger partial charge in [0.05, 0.1) is 0 Å². The van der Waals surface area contributed by atoms with Gasteiger partial charge in [0, 0.05) is 0 Å². The van der Waals surface area contributed by atoms with E-state index in [9.17, 15) is 0 Å². The third-order valence-corrected chi connectivity index (χ3v) is 3.50. The van der Waals surface area contributed by atoms with Crippen LogP contribution in [0, 0.1) is 17.8 Å². The standard InChI is InChI=1S/C11H18/c1-9-5-4-7-10-6-2-3-8-11(9)10/h3,8-11H,2,4-7H2,1H3/t9?,10?,11-/m0/s1. The molecule has 0 nitrogen and oxygen atoms in total. The zero-order chi connectivity index (χ0) is 7.68. The average Bonchev–Trinajstić information content (AvgIpc) is 2.06. The summed E-state index contributed by atoms with van der Waals surface area (Å²) in [6, 6.07) is 0. The van der Waals surface area contributed by atoms with Crippen LogP contribution in [0.5, 0.6) is 0 Å². The van der Waals surface area contributed by atoms with Crippen molar-refractivity contribution in [3.63, 3.8) is 0 Å². The molecule has 0 aromatic heterocycles. The Labute approximate surface area is 69.7 Å². The summed E-state index contributed by atoms with van der Waals surface area (Å²) in [6.07, 6.45) is 12.1. The highest BCUT2D eigenvalue weighted by Crippen LogP contribution is 2.40. The van der Waals surface area contributed by atoms with Crippen LogP contribution >= 0.6 is 0 Å². The Hall–Kier alpha value is -0.260. The van der Waals surface area contributed by atoms with E-state index in [4.69, 9.17) is 0 Å². The van der Waals surface area contributed by atoms with Crippen LogP contribution in [0.2, 0.25) is 0 Å². The molecule has 1 fully saturated rings. The predicted molar refractivity (Wildman–Crippen MR) is 48.4 cm³/mol. The summed E-state index contributed by atoms with van der Waals surface area (Å²) in [5.74, 6) is 2.95. The summed E-state index contributed by atoms with van der Waals surface area (Å²) in [4.78, 5) is 0. The summed E-state index contributed by atoms with van der Waals surface area (Å²) in [5, 5.41) is 0. The van der Waals surface area contributed by atoms with E-state index in [1.54, 1.807) is 0 Å². The van der Waals surface area contributed by atoms with Crippen LogP contribution in [-0.2, 0) is 0 Å². The minimum atomic E-state index is 0.942. The Balaban J connectivity index is 2.09. The molecule has 0 heteroatoms. The van der Waals surface area contributed by atoms with Gasteiger partial charge >= 0.3 is 0 Å². The molecule has 0 heterocycles. The first kappa shape index (κ1) is 7.39. The molecular weight excluding hydrogens is 132 g/mol. The number of hydrogen-bond acceptors (Lipinski definition) is 0. The average molecular weight is 150 g/mol. The smallest absolute Gasteiger partial charge is 0.0179 e. The second-order valence-corrected chi connectivity index (χ2v) is 4.25. The Bertz CT molecular complexity index is 157. The van der Waals surface area contributed by atoms with Crippen LogP contribution in [0.25, 0.3) is 0 Å². The fraction of sp³-hybridized carbons (Fsp3) is 0.818. The SMILES string of the molecule is CC1CCCC2CCC=C[C@@H]12. The van der Waals surface area contributed by atoms with Gasteiger partial charge in [-0.2, -0.15) is 0 Å². The van der Waals surface area contributed by atoms with Crippen LogP contribution in [0.1, 0.15) is 39.0 Å². The largest absolute Gasteiger partial charge is 0.0882 e. The second-order valence-electron chi connectivity index (χ2n) is 4.25. The minimum absolute atomic E-state index is 0.942. The summed E-state index contributed by atoms with van der Waals surface area (Å²) in [7, 11) is 0. The number of hydrogen-bond donors (Lipinski definition) is 0. The van der Waals surface area contributed by atoms with E-state index in [0.29, 0.717) is 0 Å². The Morgan fingerprint density at radius 2 is 2.09 bits per heavy atom. The lowest BCUT2D eigenvalue weighted by molar-refractivity contribution is 0.191. The van der Waals surface area contributed by atoms with Gasteiger partial charge in [0.1, 0.15) is 0 Å². The maximum Gasteiger partial charge on any atom is -0.0179 e. The zero-order valence-corrected chi connectivity index (χ0v) is 7.42. The van der Waals surface area contributed by atoms with Crippen molar-refractivity contribution >= 4 is 0 Å². The van der Waals surface area contributed by atoms with Gasteiger partial charge in [-0.05, 0) is 37.0 Å². The number of fused-ring (bicyclic) bond motifs is 1.